The van der Waals surface area contributed by atoms with E-state index in [-0.39, 0.29) is 0 Å². The number of aryl methyl sites for hydroxylation is 1. The lowest BCUT2D eigenvalue weighted by atomic mass is 10.2. The minimum atomic E-state index is -0.728. The quantitative estimate of drug-likeness (QED) is 0.240. The molecular weight excluding hydrogens is 456 g/mol. The number of hydrogen-bond acceptors (Lipinski definition) is 7. The number of amides is 2. The van der Waals surface area contributed by atoms with Crippen molar-refractivity contribution in [2.45, 2.75) is 6.92 Å². The summed E-state index contributed by atoms with van der Waals surface area (Å²) in [6.45, 7) is 1.28. The van der Waals surface area contributed by atoms with E-state index < -0.39 is 24.4 Å². The molecule has 0 bridgehead atoms. The second-order valence-corrected chi connectivity index (χ2v) is 7.99. The zero-order chi connectivity index (χ0) is 23.9. The first-order chi connectivity index (χ1) is 16.5. The van der Waals surface area contributed by atoms with Gasteiger partial charge in [0.05, 0.1) is 10.6 Å². The van der Waals surface area contributed by atoms with E-state index in [0.29, 0.717) is 21.9 Å². The highest BCUT2D eigenvalue weighted by atomic mass is 32.1. The molecule has 4 aromatic rings. The van der Waals surface area contributed by atoms with Gasteiger partial charge in [-0.05, 0) is 48.7 Å². The van der Waals surface area contributed by atoms with Crippen molar-refractivity contribution in [2.24, 2.45) is 0 Å². The second-order valence-electron chi connectivity index (χ2n) is 7.04. The number of carbonyl (C=O) groups is 3. The van der Waals surface area contributed by atoms with E-state index in [0.717, 1.165) is 11.4 Å². The fourth-order valence-corrected chi connectivity index (χ4v) is 3.57. The molecule has 0 aliphatic carbocycles. The highest BCUT2D eigenvalue weighted by Gasteiger charge is 2.14. The molecule has 2 N–H and O–H groups in total. The molecule has 3 heterocycles. The molecule has 172 valence electrons. The summed E-state index contributed by atoms with van der Waals surface area (Å²) in [6, 6.07) is 16.5. The molecule has 9 nitrogen and oxygen atoms in total. The molecule has 2 amide bonds. The predicted molar refractivity (Wildman–Crippen MR) is 126 cm³/mol. The minimum absolute atomic E-state index is 0.443. The number of nitrogens with one attached hydrogen (secondary N) is 2. The summed E-state index contributed by atoms with van der Waals surface area (Å²) in [5.41, 5.74) is 6.47. The van der Waals surface area contributed by atoms with Crippen molar-refractivity contribution < 1.29 is 23.5 Å². The van der Waals surface area contributed by atoms with Gasteiger partial charge in [-0.3, -0.25) is 20.4 Å². The van der Waals surface area contributed by atoms with Crippen molar-refractivity contribution in [3.05, 3.63) is 88.5 Å². The van der Waals surface area contributed by atoms with Crippen molar-refractivity contribution in [3.8, 4) is 17.1 Å². The van der Waals surface area contributed by atoms with E-state index in [1.165, 1.54) is 17.4 Å². The first-order valence-corrected chi connectivity index (χ1v) is 11.1. The predicted octanol–water partition coefficient (Wildman–Crippen LogP) is 3.52. The van der Waals surface area contributed by atoms with Crippen LogP contribution in [0.5, 0.6) is 0 Å². The highest BCUT2D eigenvalue weighted by molar-refractivity contribution is 7.12. The zero-order valence-electron chi connectivity index (χ0n) is 18.1. The SMILES string of the molecule is Cc1ccc(-c2nn(-c3ccccc3)cc2C=CC(=O)OCC(=O)NNC(=O)c2cccs2)o1. The van der Waals surface area contributed by atoms with Crippen molar-refractivity contribution in [2.75, 3.05) is 6.61 Å². The molecule has 0 atom stereocenters. The topological polar surface area (TPSA) is 115 Å². The second kappa shape index (κ2) is 10.5. The van der Waals surface area contributed by atoms with Gasteiger partial charge in [0.25, 0.3) is 11.8 Å². The summed E-state index contributed by atoms with van der Waals surface area (Å²) in [5, 5.41) is 6.34. The molecule has 34 heavy (non-hydrogen) atoms. The van der Waals surface area contributed by atoms with Gasteiger partial charge in [0.1, 0.15) is 11.5 Å². The Morgan fingerprint density at radius 3 is 2.62 bits per heavy atom. The smallest absolute Gasteiger partial charge is 0.331 e. The van der Waals surface area contributed by atoms with Crippen LogP contribution in [0, 0.1) is 6.92 Å². The summed E-state index contributed by atoms with van der Waals surface area (Å²) < 4.78 is 12.3. The lowest BCUT2D eigenvalue weighted by Crippen LogP contribution is -2.43. The van der Waals surface area contributed by atoms with Crippen LogP contribution in [0.3, 0.4) is 0 Å². The number of aromatic nitrogens is 2. The van der Waals surface area contributed by atoms with Crippen LogP contribution in [-0.4, -0.2) is 34.2 Å². The molecule has 0 fully saturated rings. The Morgan fingerprint density at radius 1 is 1.09 bits per heavy atom. The number of hydrogen-bond donors (Lipinski definition) is 2. The molecule has 0 aliphatic heterocycles. The van der Waals surface area contributed by atoms with E-state index in [9.17, 15) is 14.4 Å². The van der Waals surface area contributed by atoms with Crippen LogP contribution in [0.4, 0.5) is 0 Å². The third kappa shape index (κ3) is 5.67. The van der Waals surface area contributed by atoms with E-state index >= 15 is 0 Å². The van der Waals surface area contributed by atoms with Crippen LogP contribution in [0.1, 0.15) is 21.0 Å². The summed E-state index contributed by atoms with van der Waals surface area (Å²) in [6.07, 6.45) is 4.50. The maximum absolute atomic E-state index is 12.1. The van der Waals surface area contributed by atoms with Crippen LogP contribution in [-0.2, 0) is 14.3 Å². The highest BCUT2D eigenvalue weighted by Crippen LogP contribution is 2.26. The normalized spacial score (nSPS) is 10.9. The van der Waals surface area contributed by atoms with Gasteiger partial charge in [-0.15, -0.1) is 11.3 Å². The van der Waals surface area contributed by atoms with Gasteiger partial charge in [-0.1, -0.05) is 24.3 Å². The number of hydrazine groups is 1. The fraction of sp³-hybridized carbons (Fsp3) is 0.0833. The third-order valence-corrected chi connectivity index (χ3v) is 5.41. The van der Waals surface area contributed by atoms with Crippen LogP contribution in [0.2, 0.25) is 0 Å². The number of para-hydroxylation sites is 1. The number of thiophene rings is 1. The standard InChI is InChI=1S/C24H20N4O5S/c1-16-9-11-19(33-16)23-17(14-28(27-23)18-6-3-2-4-7-18)10-12-22(30)32-15-21(29)25-26-24(31)20-8-5-13-34-20/h2-14H,15H2,1H3,(H,25,29)(H,26,31). The Bertz CT molecular complexity index is 1320. The van der Waals surface area contributed by atoms with E-state index in [1.807, 2.05) is 43.3 Å². The molecule has 10 heteroatoms. The lowest BCUT2D eigenvalue weighted by molar-refractivity contribution is -0.144. The third-order valence-electron chi connectivity index (χ3n) is 4.54. The summed E-state index contributed by atoms with van der Waals surface area (Å²) in [7, 11) is 0. The molecule has 4 rings (SSSR count). The molecule has 0 spiro atoms. The summed E-state index contributed by atoms with van der Waals surface area (Å²) >= 11 is 1.24. The largest absolute Gasteiger partial charge is 0.460 e. The van der Waals surface area contributed by atoms with Gasteiger partial charge in [-0.2, -0.15) is 5.10 Å². The zero-order valence-corrected chi connectivity index (χ0v) is 18.9. The number of ether oxygens (including phenoxy) is 1. The van der Waals surface area contributed by atoms with Crippen LogP contribution >= 0.6 is 11.3 Å². The molecular formula is C24H20N4O5S. The van der Waals surface area contributed by atoms with Crippen LogP contribution in [0.25, 0.3) is 23.2 Å². The molecule has 1 aromatic carbocycles. The lowest BCUT2D eigenvalue weighted by Gasteiger charge is -2.06. The number of nitrogens with zero attached hydrogens (tertiary/aromatic N) is 2. The number of esters is 1. The van der Waals surface area contributed by atoms with Crippen molar-refractivity contribution in [3.63, 3.8) is 0 Å². The van der Waals surface area contributed by atoms with Crippen molar-refractivity contribution in [1.29, 1.82) is 0 Å². The van der Waals surface area contributed by atoms with Crippen LogP contribution in [0.15, 0.2) is 76.7 Å². The monoisotopic (exact) mass is 476 g/mol. The molecule has 0 saturated heterocycles. The number of rotatable bonds is 7. The van der Waals surface area contributed by atoms with Crippen LogP contribution < -0.4 is 10.9 Å². The first kappa shape index (κ1) is 22.7. The Hall–Kier alpha value is -4.44. The van der Waals surface area contributed by atoms with Gasteiger partial charge in [-0.25, -0.2) is 9.48 Å². The Morgan fingerprint density at radius 2 is 1.91 bits per heavy atom. The summed E-state index contributed by atoms with van der Waals surface area (Å²) in [5.74, 6) is -0.563. The molecule has 0 unspecified atom stereocenters. The van der Waals surface area contributed by atoms with Gasteiger partial charge in [0.2, 0.25) is 0 Å². The molecule has 0 saturated carbocycles. The maximum Gasteiger partial charge on any atom is 0.331 e. The number of benzene rings is 1. The minimum Gasteiger partial charge on any atom is -0.460 e. The summed E-state index contributed by atoms with van der Waals surface area (Å²) in [4.78, 5) is 36.3. The van der Waals surface area contributed by atoms with Gasteiger partial charge >= 0.3 is 5.97 Å². The van der Waals surface area contributed by atoms with Gasteiger partial charge < -0.3 is 9.15 Å². The van der Waals surface area contributed by atoms with Crippen molar-refractivity contribution in [1.82, 2.24) is 20.6 Å². The Balaban J connectivity index is 1.39. The average Bonchev–Trinajstić information content (AvgIpc) is 3.61. The molecule has 3 aromatic heterocycles. The molecule has 0 radical (unpaired) electrons. The van der Waals surface area contributed by atoms with Gasteiger partial charge in [0.15, 0.2) is 12.4 Å². The number of furan rings is 1. The molecule has 0 aliphatic rings. The Kier molecular flexibility index (Phi) is 6.99. The van der Waals surface area contributed by atoms with E-state index in [4.69, 9.17) is 9.15 Å². The van der Waals surface area contributed by atoms with E-state index in [2.05, 4.69) is 16.0 Å². The maximum atomic E-state index is 12.1. The first-order valence-electron chi connectivity index (χ1n) is 10.2. The fourth-order valence-electron chi connectivity index (χ4n) is 2.95. The average molecular weight is 477 g/mol. The Labute approximate surface area is 198 Å². The number of carbonyl (C=O) groups excluding carboxylic acids is 3. The van der Waals surface area contributed by atoms with Crippen molar-refractivity contribution >= 4 is 35.2 Å². The van der Waals surface area contributed by atoms with E-state index in [1.54, 1.807) is 40.5 Å². The van der Waals surface area contributed by atoms with Gasteiger partial charge in [0, 0.05) is 17.8 Å².